The van der Waals surface area contributed by atoms with Crippen LogP contribution in [0.5, 0.6) is 0 Å². The molecule has 0 atom stereocenters. The van der Waals surface area contributed by atoms with E-state index in [9.17, 15) is 0 Å². The molecule has 0 unspecified atom stereocenters. The molecular weight excluding hydrogens is 683 g/mol. The average molecular weight is 716 g/mol. The molecular formula is C53H33NS. The highest BCUT2D eigenvalue weighted by Gasteiger charge is 2.18. The highest BCUT2D eigenvalue weighted by molar-refractivity contribution is 7.21. The molecule has 0 radical (unpaired) electrons. The largest absolute Gasteiger partial charge is 0.236 e. The van der Waals surface area contributed by atoms with Crippen LogP contribution in [-0.4, -0.2) is 4.98 Å². The van der Waals surface area contributed by atoms with Crippen LogP contribution in [0.2, 0.25) is 0 Å². The minimum absolute atomic E-state index is 1.05. The Bertz CT molecular complexity index is 3210. The Hall–Kier alpha value is -6.87. The number of hydrogen-bond donors (Lipinski definition) is 0. The Labute approximate surface area is 323 Å². The molecule has 1 aromatic heterocycles. The number of benzene rings is 10. The number of thiazole rings is 1. The van der Waals surface area contributed by atoms with Gasteiger partial charge in [0.05, 0.1) is 10.2 Å². The van der Waals surface area contributed by atoms with Gasteiger partial charge in [-0.05, 0) is 118 Å². The summed E-state index contributed by atoms with van der Waals surface area (Å²) < 4.78 is 1.22. The lowest BCUT2D eigenvalue weighted by molar-refractivity contribution is 1.47. The summed E-state index contributed by atoms with van der Waals surface area (Å²) in [6.07, 6.45) is 0. The van der Waals surface area contributed by atoms with E-state index in [0.29, 0.717) is 0 Å². The first-order valence-corrected chi connectivity index (χ1v) is 19.6. The third kappa shape index (κ3) is 5.50. The van der Waals surface area contributed by atoms with Gasteiger partial charge < -0.3 is 0 Å². The zero-order valence-corrected chi connectivity index (χ0v) is 30.7. The summed E-state index contributed by atoms with van der Waals surface area (Å²) in [6, 6.07) is 73.3. The molecule has 0 amide bonds. The molecule has 10 aromatic carbocycles. The fraction of sp³-hybridized carbons (Fsp3) is 0. The Balaban J connectivity index is 1.05. The van der Waals surface area contributed by atoms with Crippen LogP contribution in [0.25, 0.3) is 108 Å². The Morgan fingerprint density at radius 2 is 0.727 bits per heavy atom. The van der Waals surface area contributed by atoms with Crippen LogP contribution in [0.4, 0.5) is 0 Å². The van der Waals surface area contributed by atoms with Gasteiger partial charge in [-0.15, -0.1) is 11.3 Å². The van der Waals surface area contributed by atoms with Crippen molar-refractivity contribution >= 4 is 64.6 Å². The summed E-state index contributed by atoms with van der Waals surface area (Å²) in [6.45, 7) is 0. The molecule has 2 heteroatoms. The number of nitrogens with zero attached hydrogens (tertiary/aromatic N) is 1. The summed E-state index contributed by atoms with van der Waals surface area (Å²) in [5, 5.41) is 11.1. The molecule has 0 aliphatic rings. The number of para-hydroxylation sites is 1. The summed E-state index contributed by atoms with van der Waals surface area (Å²) in [5.74, 6) is 0. The standard InChI is InChI=1S/C53H33NS/c1-3-11-40-31-43(27-23-34(40)9-1)51-45-13-5-6-14-46(45)52(44-28-24-35-10-2-4-12-41(35)32-44)48-33-42(29-30-47(48)51)38-19-17-36(18-20-38)37-21-25-39(26-22-37)53-54-49-15-7-8-16-50(49)55-53/h1-33H. The molecule has 0 N–H and O–H groups in total. The van der Waals surface area contributed by atoms with Crippen LogP contribution in [0.1, 0.15) is 0 Å². The smallest absolute Gasteiger partial charge is 0.124 e. The van der Waals surface area contributed by atoms with Crippen molar-refractivity contribution in [3.05, 3.63) is 200 Å². The molecule has 0 fully saturated rings. The van der Waals surface area contributed by atoms with Gasteiger partial charge in [-0.2, -0.15) is 0 Å². The Morgan fingerprint density at radius 3 is 1.33 bits per heavy atom. The fourth-order valence-electron chi connectivity index (χ4n) is 8.33. The van der Waals surface area contributed by atoms with Crippen molar-refractivity contribution in [3.63, 3.8) is 0 Å². The van der Waals surface area contributed by atoms with Gasteiger partial charge in [-0.1, -0.05) is 170 Å². The van der Waals surface area contributed by atoms with Crippen molar-refractivity contribution in [2.24, 2.45) is 0 Å². The van der Waals surface area contributed by atoms with Crippen molar-refractivity contribution < 1.29 is 0 Å². The second kappa shape index (κ2) is 12.9. The SMILES string of the molecule is c1ccc2cc(-c3c4ccccc4c(-c4ccc5ccccc5c4)c4cc(-c5ccc(-c6ccc(-c7nc8ccccc8s7)cc6)cc5)ccc34)ccc2c1. The topological polar surface area (TPSA) is 12.9 Å². The van der Waals surface area contributed by atoms with E-state index in [-0.39, 0.29) is 0 Å². The van der Waals surface area contributed by atoms with Crippen LogP contribution in [-0.2, 0) is 0 Å². The second-order valence-corrected chi connectivity index (χ2v) is 15.4. The van der Waals surface area contributed by atoms with E-state index in [0.717, 1.165) is 16.1 Å². The van der Waals surface area contributed by atoms with Crippen LogP contribution >= 0.6 is 11.3 Å². The van der Waals surface area contributed by atoms with Crippen molar-refractivity contribution in [1.29, 1.82) is 0 Å². The quantitative estimate of drug-likeness (QED) is 0.162. The molecule has 1 heterocycles. The molecule has 0 aliphatic heterocycles. The molecule has 0 aliphatic carbocycles. The Kier molecular flexibility index (Phi) is 7.43. The highest BCUT2D eigenvalue weighted by atomic mass is 32.1. The van der Waals surface area contributed by atoms with E-state index in [4.69, 9.17) is 4.98 Å². The zero-order chi connectivity index (χ0) is 36.3. The summed E-state index contributed by atoms with van der Waals surface area (Å²) in [7, 11) is 0. The van der Waals surface area contributed by atoms with Crippen LogP contribution in [0.3, 0.4) is 0 Å². The first-order chi connectivity index (χ1) is 27.2. The van der Waals surface area contributed by atoms with Gasteiger partial charge in [0.1, 0.15) is 5.01 Å². The van der Waals surface area contributed by atoms with E-state index < -0.39 is 0 Å². The van der Waals surface area contributed by atoms with Crippen molar-refractivity contribution in [3.8, 4) is 55.1 Å². The first-order valence-electron chi connectivity index (χ1n) is 18.8. The number of rotatable bonds is 5. The van der Waals surface area contributed by atoms with Gasteiger partial charge >= 0.3 is 0 Å². The van der Waals surface area contributed by atoms with Crippen LogP contribution in [0, 0.1) is 0 Å². The number of aromatic nitrogens is 1. The molecule has 55 heavy (non-hydrogen) atoms. The number of hydrogen-bond acceptors (Lipinski definition) is 2. The summed E-state index contributed by atoms with van der Waals surface area (Å²) in [5.41, 5.74) is 12.0. The van der Waals surface area contributed by atoms with Gasteiger partial charge in [0, 0.05) is 5.56 Å². The monoisotopic (exact) mass is 715 g/mol. The Morgan fingerprint density at radius 1 is 0.291 bits per heavy atom. The minimum atomic E-state index is 1.05. The van der Waals surface area contributed by atoms with Crippen LogP contribution in [0.15, 0.2) is 200 Å². The van der Waals surface area contributed by atoms with Crippen molar-refractivity contribution in [1.82, 2.24) is 4.98 Å². The molecule has 11 rings (SSSR count). The maximum atomic E-state index is 4.86. The summed E-state index contributed by atoms with van der Waals surface area (Å²) in [4.78, 5) is 4.86. The molecule has 1 nitrogen and oxygen atoms in total. The van der Waals surface area contributed by atoms with E-state index in [2.05, 4.69) is 194 Å². The van der Waals surface area contributed by atoms with E-state index in [1.807, 2.05) is 6.07 Å². The third-order valence-electron chi connectivity index (χ3n) is 11.1. The molecule has 256 valence electrons. The highest BCUT2D eigenvalue weighted by Crippen LogP contribution is 2.46. The molecule has 0 saturated carbocycles. The normalized spacial score (nSPS) is 11.6. The van der Waals surface area contributed by atoms with E-state index in [1.165, 1.54) is 92.3 Å². The van der Waals surface area contributed by atoms with Gasteiger partial charge in [0.25, 0.3) is 0 Å². The second-order valence-electron chi connectivity index (χ2n) is 14.3. The van der Waals surface area contributed by atoms with Gasteiger partial charge in [0.2, 0.25) is 0 Å². The first kappa shape index (κ1) is 31.6. The van der Waals surface area contributed by atoms with Gasteiger partial charge in [0.15, 0.2) is 0 Å². The molecule has 11 aromatic rings. The number of fused-ring (bicyclic) bond motifs is 5. The van der Waals surface area contributed by atoms with Gasteiger partial charge in [-0.25, -0.2) is 4.98 Å². The summed E-state index contributed by atoms with van der Waals surface area (Å²) >= 11 is 1.74. The van der Waals surface area contributed by atoms with Gasteiger partial charge in [-0.3, -0.25) is 0 Å². The predicted octanol–water partition coefficient (Wildman–Crippen LogP) is 15.2. The van der Waals surface area contributed by atoms with E-state index in [1.54, 1.807) is 11.3 Å². The molecule has 0 spiro atoms. The lowest BCUT2D eigenvalue weighted by Crippen LogP contribution is -1.92. The molecule has 0 saturated heterocycles. The third-order valence-corrected chi connectivity index (χ3v) is 12.2. The maximum absolute atomic E-state index is 4.86. The zero-order valence-electron chi connectivity index (χ0n) is 29.9. The van der Waals surface area contributed by atoms with Crippen molar-refractivity contribution in [2.75, 3.05) is 0 Å². The predicted molar refractivity (Wildman–Crippen MR) is 237 cm³/mol. The lowest BCUT2D eigenvalue weighted by Gasteiger charge is -2.19. The fourth-order valence-corrected chi connectivity index (χ4v) is 9.30. The van der Waals surface area contributed by atoms with Crippen LogP contribution < -0.4 is 0 Å². The van der Waals surface area contributed by atoms with E-state index >= 15 is 0 Å². The molecule has 0 bridgehead atoms. The van der Waals surface area contributed by atoms with Crippen molar-refractivity contribution in [2.45, 2.75) is 0 Å². The average Bonchev–Trinajstić information content (AvgIpc) is 3.70. The minimum Gasteiger partial charge on any atom is -0.236 e. The maximum Gasteiger partial charge on any atom is 0.124 e. The lowest BCUT2D eigenvalue weighted by atomic mass is 9.84.